The lowest BCUT2D eigenvalue weighted by atomic mass is 10.0. The van der Waals surface area contributed by atoms with Crippen molar-refractivity contribution in [2.24, 2.45) is 7.05 Å². The second-order valence-electron chi connectivity index (χ2n) is 4.80. The molecule has 0 aliphatic rings. The third kappa shape index (κ3) is 2.18. The summed E-state index contributed by atoms with van der Waals surface area (Å²) in [6.45, 7) is 6.33. The van der Waals surface area contributed by atoms with Crippen molar-refractivity contribution >= 4 is 0 Å². The minimum Gasteiger partial charge on any atom is -0.313 e. The van der Waals surface area contributed by atoms with Crippen LogP contribution in [0.3, 0.4) is 0 Å². The van der Waals surface area contributed by atoms with E-state index in [0.717, 1.165) is 5.69 Å². The van der Waals surface area contributed by atoms with Crippen LogP contribution in [0.4, 0.5) is 0 Å². The van der Waals surface area contributed by atoms with E-state index in [-0.39, 0.29) is 0 Å². The third-order valence-electron chi connectivity index (χ3n) is 3.64. The Labute approximate surface area is 109 Å². The van der Waals surface area contributed by atoms with Gasteiger partial charge in [-0.2, -0.15) is 5.10 Å². The summed E-state index contributed by atoms with van der Waals surface area (Å²) in [5.41, 5.74) is 6.10. The molecule has 0 bridgehead atoms. The van der Waals surface area contributed by atoms with Crippen LogP contribution in [-0.4, -0.2) is 16.8 Å². The highest BCUT2D eigenvalue weighted by molar-refractivity contribution is 5.68. The van der Waals surface area contributed by atoms with E-state index in [1.165, 1.54) is 22.4 Å². The zero-order valence-corrected chi connectivity index (χ0v) is 11.8. The molecule has 2 aromatic rings. The lowest BCUT2D eigenvalue weighted by molar-refractivity contribution is 0.652. The van der Waals surface area contributed by atoms with Gasteiger partial charge in [-0.25, -0.2) is 0 Å². The summed E-state index contributed by atoms with van der Waals surface area (Å²) in [6, 6.07) is 9.11. The first-order valence-corrected chi connectivity index (χ1v) is 6.32. The quantitative estimate of drug-likeness (QED) is 0.898. The number of nitrogens with zero attached hydrogens (tertiary/aromatic N) is 2. The van der Waals surface area contributed by atoms with E-state index in [2.05, 4.69) is 55.5 Å². The van der Waals surface area contributed by atoms with Gasteiger partial charge in [0.2, 0.25) is 0 Å². The topological polar surface area (TPSA) is 29.9 Å². The Morgan fingerprint density at radius 2 is 1.78 bits per heavy atom. The highest BCUT2D eigenvalue weighted by Crippen LogP contribution is 2.27. The standard InChI is InChI=1S/C15H21N3/c1-10(16-4)13-6-8-14(9-7-13)15-11(2)17-18(5)12(15)3/h6-10,16H,1-5H3. The van der Waals surface area contributed by atoms with E-state index >= 15 is 0 Å². The van der Waals surface area contributed by atoms with Crippen molar-refractivity contribution in [1.29, 1.82) is 0 Å². The molecule has 1 N–H and O–H groups in total. The first kappa shape index (κ1) is 12.8. The van der Waals surface area contributed by atoms with E-state index in [1.54, 1.807) is 0 Å². The number of aromatic nitrogens is 2. The van der Waals surface area contributed by atoms with E-state index in [1.807, 2.05) is 18.8 Å². The molecule has 0 spiro atoms. The average molecular weight is 243 g/mol. The number of hydrogen-bond donors (Lipinski definition) is 1. The molecule has 3 nitrogen and oxygen atoms in total. The van der Waals surface area contributed by atoms with Crippen LogP contribution < -0.4 is 5.32 Å². The Balaban J connectivity index is 2.40. The lowest BCUT2D eigenvalue weighted by Crippen LogP contribution is -2.11. The van der Waals surface area contributed by atoms with Gasteiger partial charge in [0.25, 0.3) is 0 Å². The van der Waals surface area contributed by atoms with Crippen LogP contribution >= 0.6 is 0 Å². The maximum absolute atomic E-state index is 4.47. The fraction of sp³-hybridized carbons (Fsp3) is 0.400. The van der Waals surface area contributed by atoms with E-state index in [0.29, 0.717) is 6.04 Å². The van der Waals surface area contributed by atoms with Crippen LogP contribution in [-0.2, 0) is 7.05 Å². The van der Waals surface area contributed by atoms with Crippen LogP contribution in [0.25, 0.3) is 11.1 Å². The average Bonchev–Trinajstić information content (AvgIpc) is 2.63. The Kier molecular flexibility index (Phi) is 3.53. The van der Waals surface area contributed by atoms with Gasteiger partial charge in [0.05, 0.1) is 5.69 Å². The first-order chi connectivity index (χ1) is 8.54. The summed E-state index contributed by atoms with van der Waals surface area (Å²) in [7, 11) is 3.97. The van der Waals surface area contributed by atoms with E-state index in [9.17, 15) is 0 Å². The summed E-state index contributed by atoms with van der Waals surface area (Å²) in [4.78, 5) is 0. The highest BCUT2D eigenvalue weighted by Gasteiger charge is 2.11. The molecule has 18 heavy (non-hydrogen) atoms. The molecule has 0 aliphatic heterocycles. The summed E-state index contributed by atoms with van der Waals surface area (Å²) in [5, 5.41) is 7.72. The summed E-state index contributed by atoms with van der Waals surface area (Å²) in [5.74, 6) is 0. The molecule has 1 aromatic heterocycles. The molecule has 0 saturated heterocycles. The Hall–Kier alpha value is -1.61. The van der Waals surface area contributed by atoms with Crippen molar-refractivity contribution in [3.63, 3.8) is 0 Å². The van der Waals surface area contributed by atoms with Crippen molar-refractivity contribution in [2.45, 2.75) is 26.8 Å². The van der Waals surface area contributed by atoms with Crippen molar-refractivity contribution in [1.82, 2.24) is 15.1 Å². The molecular weight excluding hydrogens is 222 g/mol. The number of hydrogen-bond acceptors (Lipinski definition) is 2. The second kappa shape index (κ2) is 4.94. The number of benzene rings is 1. The molecule has 1 unspecified atom stereocenters. The van der Waals surface area contributed by atoms with Crippen molar-refractivity contribution < 1.29 is 0 Å². The molecule has 1 heterocycles. The second-order valence-corrected chi connectivity index (χ2v) is 4.80. The van der Waals surface area contributed by atoms with Gasteiger partial charge in [0, 0.05) is 24.3 Å². The molecule has 1 atom stereocenters. The minimum atomic E-state index is 0.384. The molecule has 3 heteroatoms. The molecular formula is C15H21N3. The Bertz CT molecular complexity index is 538. The molecule has 1 aromatic carbocycles. The zero-order chi connectivity index (χ0) is 13.3. The van der Waals surface area contributed by atoms with Gasteiger partial charge in [-0.15, -0.1) is 0 Å². The van der Waals surface area contributed by atoms with Gasteiger partial charge < -0.3 is 5.32 Å². The van der Waals surface area contributed by atoms with Gasteiger partial charge in [0.15, 0.2) is 0 Å². The molecule has 0 fully saturated rings. The van der Waals surface area contributed by atoms with Crippen molar-refractivity contribution in [2.75, 3.05) is 7.05 Å². The maximum atomic E-state index is 4.47. The number of nitrogens with one attached hydrogen (secondary N) is 1. The summed E-state index contributed by atoms with van der Waals surface area (Å²) >= 11 is 0. The van der Waals surface area contributed by atoms with Crippen molar-refractivity contribution in [3.8, 4) is 11.1 Å². The number of aryl methyl sites for hydroxylation is 2. The van der Waals surface area contributed by atoms with Gasteiger partial charge in [-0.05, 0) is 38.9 Å². The van der Waals surface area contributed by atoms with Crippen LogP contribution in [0, 0.1) is 13.8 Å². The van der Waals surface area contributed by atoms with Gasteiger partial charge in [-0.1, -0.05) is 24.3 Å². The van der Waals surface area contributed by atoms with E-state index < -0.39 is 0 Å². The Morgan fingerprint density at radius 1 is 1.17 bits per heavy atom. The molecule has 0 aliphatic carbocycles. The summed E-state index contributed by atoms with van der Waals surface area (Å²) < 4.78 is 1.94. The molecule has 2 rings (SSSR count). The van der Waals surface area contributed by atoms with Gasteiger partial charge >= 0.3 is 0 Å². The van der Waals surface area contributed by atoms with Crippen LogP contribution in [0.1, 0.15) is 29.9 Å². The third-order valence-corrected chi connectivity index (χ3v) is 3.64. The lowest BCUT2D eigenvalue weighted by Gasteiger charge is -2.11. The fourth-order valence-electron chi connectivity index (χ4n) is 2.30. The van der Waals surface area contributed by atoms with Gasteiger partial charge in [-0.3, -0.25) is 4.68 Å². The maximum Gasteiger partial charge on any atom is 0.0674 e. The van der Waals surface area contributed by atoms with Crippen LogP contribution in [0.5, 0.6) is 0 Å². The van der Waals surface area contributed by atoms with Crippen LogP contribution in [0.2, 0.25) is 0 Å². The SMILES string of the molecule is CNC(C)c1ccc(-c2c(C)nn(C)c2C)cc1. The first-order valence-electron chi connectivity index (χ1n) is 6.32. The van der Waals surface area contributed by atoms with Gasteiger partial charge in [0.1, 0.15) is 0 Å². The highest BCUT2D eigenvalue weighted by atomic mass is 15.3. The predicted octanol–water partition coefficient (Wildman–Crippen LogP) is 2.98. The Morgan fingerprint density at radius 3 is 2.22 bits per heavy atom. The molecule has 96 valence electrons. The monoisotopic (exact) mass is 243 g/mol. The molecule has 0 saturated carbocycles. The van der Waals surface area contributed by atoms with E-state index in [4.69, 9.17) is 0 Å². The fourth-order valence-corrected chi connectivity index (χ4v) is 2.30. The van der Waals surface area contributed by atoms with Crippen LogP contribution in [0.15, 0.2) is 24.3 Å². The largest absolute Gasteiger partial charge is 0.313 e. The normalized spacial score (nSPS) is 12.7. The number of rotatable bonds is 3. The summed E-state index contributed by atoms with van der Waals surface area (Å²) in [6.07, 6.45) is 0. The predicted molar refractivity (Wildman–Crippen MR) is 75.6 cm³/mol. The molecule has 0 amide bonds. The van der Waals surface area contributed by atoms with Crippen molar-refractivity contribution in [3.05, 3.63) is 41.2 Å². The smallest absolute Gasteiger partial charge is 0.0674 e. The molecule has 0 radical (unpaired) electrons. The zero-order valence-electron chi connectivity index (χ0n) is 11.8. The minimum absolute atomic E-state index is 0.384.